The lowest BCUT2D eigenvalue weighted by Crippen LogP contribution is -2.16. The van der Waals surface area contributed by atoms with Crippen molar-refractivity contribution in [3.8, 4) is 46.1 Å². The standard InChI is InChI=1S/C31H26N6O4/c1-18-25-26(19-10-13-22(38-2)14-11-19)27-29-33-28(20-12-15-23(39-3)24(16-20)40-4)35-36(29)17-32-30(27)41-31(25)37(34-18)21-8-6-5-7-9-21/h5-17,26H,1-4H3. The zero-order valence-corrected chi connectivity index (χ0v) is 22.9. The minimum absolute atomic E-state index is 0.268. The SMILES string of the molecule is COc1ccc(C2c3c(C)nn(-c4ccccc4)c3Oc3ncn4nc(-c5ccc(OC)c(OC)c5)nc4c32)cc1. The molecule has 10 nitrogen and oxygen atoms in total. The summed E-state index contributed by atoms with van der Waals surface area (Å²) in [6, 6.07) is 23.5. The number of para-hydroxylation sites is 1. The average Bonchev–Trinajstić information content (AvgIpc) is 3.61. The van der Waals surface area contributed by atoms with E-state index in [0.29, 0.717) is 34.7 Å². The Bertz CT molecular complexity index is 1900. The van der Waals surface area contributed by atoms with Crippen molar-refractivity contribution >= 4 is 5.65 Å². The quantitative estimate of drug-likeness (QED) is 0.266. The summed E-state index contributed by atoms with van der Waals surface area (Å²) in [5.74, 6) is 3.33. The van der Waals surface area contributed by atoms with Crippen LogP contribution in [-0.2, 0) is 0 Å². The maximum atomic E-state index is 6.52. The summed E-state index contributed by atoms with van der Waals surface area (Å²) in [7, 11) is 4.86. The predicted octanol–water partition coefficient (Wildman–Crippen LogP) is 5.60. The number of rotatable bonds is 6. The van der Waals surface area contributed by atoms with Crippen LogP contribution in [0.2, 0.25) is 0 Å². The largest absolute Gasteiger partial charge is 0.497 e. The summed E-state index contributed by atoms with van der Waals surface area (Å²) in [6.45, 7) is 2.00. The molecule has 0 amide bonds. The molecule has 1 aliphatic heterocycles. The molecule has 6 aromatic rings. The molecule has 41 heavy (non-hydrogen) atoms. The van der Waals surface area contributed by atoms with Crippen molar-refractivity contribution in [2.24, 2.45) is 0 Å². The second kappa shape index (κ2) is 9.67. The van der Waals surface area contributed by atoms with Crippen LogP contribution in [0.4, 0.5) is 0 Å². The van der Waals surface area contributed by atoms with Crippen molar-refractivity contribution in [1.82, 2.24) is 29.4 Å². The van der Waals surface area contributed by atoms with Crippen LogP contribution in [0.5, 0.6) is 29.0 Å². The van der Waals surface area contributed by atoms with E-state index < -0.39 is 0 Å². The third kappa shape index (κ3) is 3.95. The van der Waals surface area contributed by atoms with Gasteiger partial charge in [-0.2, -0.15) is 5.10 Å². The van der Waals surface area contributed by atoms with E-state index in [1.165, 1.54) is 0 Å². The summed E-state index contributed by atoms with van der Waals surface area (Å²) in [5.41, 5.74) is 5.94. The second-order valence-corrected chi connectivity index (χ2v) is 9.60. The van der Waals surface area contributed by atoms with Crippen molar-refractivity contribution < 1.29 is 18.9 Å². The Balaban J connectivity index is 1.45. The molecule has 3 aromatic carbocycles. The number of aromatic nitrogens is 6. The van der Waals surface area contributed by atoms with E-state index in [2.05, 4.69) is 12.1 Å². The van der Waals surface area contributed by atoms with E-state index in [1.807, 2.05) is 72.3 Å². The first-order chi connectivity index (χ1) is 20.1. The van der Waals surface area contributed by atoms with Gasteiger partial charge in [0.15, 0.2) is 23.0 Å². The molecular weight excluding hydrogens is 520 g/mol. The van der Waals surface area contributed by atoms with E-state index >= 15 is 0 Å². The van der Waals surface area contributed by atoms with Gasteiger partial charge in [0.05, 0.1) is 49.8 Å². The number of nitrogens with zero attached hydrogens (tertiary/aromatic N) is 6. The first kappa shape index (κ1) is 24.6. The fourth-order valence-electron chi connectivity index (χ4n) is 5.35. The van der Waals surface area contributed by atoms with E-state index in [0.717, 1.165) is 39.4 Å². The average molecular weight is 547 g/mol. The molecule has 0 aliphatic carbocycles. The van der Waals surface area contributed by atoms with Gasteiger partial charge in [-0.3, -0.25) is 0 Å². The third-order valence-corrected chi connectivity index (χ3v) is 7.31. The lowest BCUT2D eigenvalue weighted by atomic mass is 9.84. The number of fused-ring (bicyclic) bond motifs is 4. The van der Waals surface area contributed by atoms with Crippen molar-refractivity contribution in [3.63, 3.8) is 0 Å². The van der Waals surface area contributed by atoms with Crippen LogP contribution >= 0.6 is 0 Å². The van der Waals surface area contributed by atoms with E-state index in [-0.39, 0.29) is 5.92 Å². The Hall–Kier alpha value is -5.38. The van der Waals surface area contributed by atoms with Crippen LogP contribution in [0.3, 0.4) is 0 Å². The van der Waals surface area contributed by atoms with Gasteiger partial charge in [-0.1, -0.05) is 30.3 Å². The van der Waals surface area contributed by atoms with Gasteiger partial charge >= 0.3 is 0 Å². The minimum Gasteiger partial charge on any atom is -0.497 e. The summed E-state index contributed by atoms with van der Waals surface area (Å²) < 4.78 is 26.4. The first-order valence-electron chi connectivity index (χ1n) is 13.0. The fourth-order valence-corrected chi connectivity index (χ4v) is 5.35. The molecule has 1 unspecified atom stereocenters. The Labute approximate surface area is 235 Å². The lowest BCUT2D eigenvalue weighted by molar-refractivity contribution is 0.355. The summed E-state index contributed by atoms with van der Waals surface area (Å²) >= 11 is 0. The molecule has 0 spiro atoms. The topological polar surface area (TPSA) is 97.8 Å². The first-order valence-corrected chi connectivity index (χ1v) is 13.0. The third-order valence-electron chi connectivity index (χ3n) is 7.31. The van der Waals surface area contributed by atoms with Gasteiger partial charge in [-0.15, -0.1) is 5.10 Å². The Morgan fingerprint density at radius 2 is 1.59 bits per heavy atom. The van der Waals surface area contributed by atoms with Gasteiger partial charge in [0.1, 0.15) is 12.1 Å². The molecule has 4 heterocycles. The van der Waals surface area contributed by atoms with E-state index in [4.69, 9.17) is 39.1 Å². The molecule has 7 rings (SSSR count). The van der Waals surface area contributed by atoms with Gasteiger partial charge in [-0.05, 0) is 55.0 Å². The summed E-state index contributed by atoms with van der Waals surface area (Å²) in [4.78, 5) is 9.68. The van der Waals surface area contributed by atoms with Crippen molar-refractivity contribution in [1.29, 1.82) is 0 Å². The maximum Gasteiger partial charge on any atom is 0.230 e. The zero-order valence-electron chi connectivity index (χ0n) is 22.9. The number of methoxy groups -OCH3 is 3. The number of ether oxygens (including phenoxy) is 4. The Morgan fingerprint density at radius 1 is 0.805 bits per heavy atom. The molecule has 3 aromatic heterocycles. The minimum atomic E-state index is -0.268. The smallest absolute Gasteiger partial charge is 0.230 e. The van der Waals surface area contributed by atoms with Crippen LogP contribution in [0.15, 0.2) is 79.1 Å². The molecule has 0 radical (unpaired) electrons. The van der Waals surface area contributed by atoms with E-state index in [9.17, 15) is 0 Å². The van der Waals surface area contributed by atoms with Crippen molar-refractivity contribution in [2.75, 3.05) is 21.3 Å². The fraction of sp³-hybridized carbons (Fsp3) is 0.161. The van der Waals surface area contributed by atoms with Crippen LogP contribution in [0, 0.1) is 6.92 Å². The number of hydrogen-bond donors (Lipinski definition) is 0. The van der Waals surface area contributed by atoms with Gasteiger partial charge < -0.3 is 18.9 Å². The van der Waals surface area contributed by atoms with Gasteiger partial charge in [0, 0.05) is 5.56 Å². The molecule has 1 aliphatic rings. The number of hydrogen-bond acceptors (Lipinski definition) is 8. The molecule has 10 heteroatoms. The molecule has 0 fully saturated rings. The molecule has 204 valence electrons. The van der Waals surface area contributed by atoms with Crippen molar-refractivity contribution in [2.45, 2.75) is 12.8 Å². The lowest BCUT2D eigenvalue weighted by Gasteiger charge is -2.26. The van der Waals surface area contributed by atoms with Crippen LogP contribution < -0.4 is 18.9 Å². The number of benzene rings is 3. The zero-order chi connectivity index (χ0) is 28.1. The summed E-state index contributed by atoms with van der Waals surface area (Å²) in [6.07, 6.45) is 1.62. The highest BCUT2D eigenvalue weighted by atomic mass is 16.5. The molecule has 1 atom stereocenters. The molecule has 0 bridgehead atoms. The molecule has 0 saturated heterocycles. The van der Waals surface area contributed by atoms with Crippen LogP contribution in [0.1, 0.15) is 28.3 Å². The van der Waals surface area contributed by atoms with Gasteiger partial charge in [-0.25, -0.2) is 19.2 Å². The highest BCUT2D eigenvalue weighted by molar-refractivity contribution is 5.70. The molecule has 0 saturated carbocycles. The molecular formula is C31H26N6O4. The highest BCUT2D eigenvalue weighted by Crippen LogP contribution is 2.50. The summed E-state index contributed by atoms with van der Waals surface area (Å²) in [5, 5.41) is 9.65. The number of aryl methyl sites for hydroxylation is 1. The highest BCUT2D eigenvalue weighted by Gasteiger charge is 2.38. The van der Waals surface area contributed by atoms with Crippen LogP contribution in [-0.4, -0.2) is 50.7 Å². The van der Waals surface area contributed by atoms with Crippen molar-refractivity contribution in [3.05, 3.63) is 102 Å². The Kier molecular flexibility index (Phi) is 5.81. The van der Waals surface area contributed by atoms with E-state index in [1.54, 1.807) is 32.2 Å². The van der Waals surface area contributed by atoms with Gasteiger partial charge in [0.2, 0.25) is 11.8 Å². The van der Waals surface area contributed by atoms with Crippen LogP contribution in [0.25, 0.3) is 22.7 Å². The second-order valence-electron chi connectivity index (χ2n) is 9.60. The Morgan fingerprint density at radius 3 is 2.32 bits per heavy atom. The maximum absolute atomic E-state index is 6.52. The monoisotopic (exact) mass is 546 g/mol. The normalized spacial score (nSPS) is 13.8. The van der Waals surface area contributed by atoms with Gasteiger partial charge in [0.25, 0.3) is 0 Å². The predicted molar refractivity (Wildman–Crippen MR) is 152 cm³/mol. The molecule has 0 N–H and O–H groups in total.